The van der Waals surface area contributed by atoms with Crippen LogP contribution in [0.1, 0.15) is 17.4 Å². The predicted octanol–water partition coefficient (Wildman–Crippen LogP) is 1.85. The molecule has 1 atom stereocenters. The molecule has 0 radical (unpaired) electrons. The molecule has 1 aliphatic heterocycles. The van der Waals surface area contributed by atoms with Crippen LogP contribution in [0.4, 0.5) is 5.69 Å². The van der Waals surface area contributed by atoms with E-state index in [-0.39, 0.29) is 18.0 Å². The average Bonchev–Trinajstić information content (AvgIpc) is 3.18. The third kappa shape index (κ3) is 3.49. The summed E-state index contributed by atoms with van der Waals surface area (Å²) in [7, 11) is 1.45. The number of ether oxygens (including phenoxy) is 3. The van der Waals surface area contributed by atoms with Gasteiger partial charge < -0.3 is 19.5 Å². The van der Waals surface area contributed by atoms with Gasteiger partial charge in [-0.15, -0.1) is 0 Å². The number of fused-ring (bicyclic) bond motifs is 2. The minimum atomic E-state index is -1.09. The molecule has 0 unspecified atom stereocenters. The number of nitrogens with one attached hydrogen (secondary N) is 1. The van der Waals surface area contributed by atoms with Crippen molar-refractivity contribution < 1.29 is 23.8 Å². The largest absolute Gasteiger partial charge is 0.454 e. The third-order valence-electron chi connectivity index (χ3n) is 4.44. The number of aromatic nitrogens is 2. The van der Waals surface area contributed by atoms with Gasteiger partial charge in [-0.05, 0) is 25.1 Å². The number of rotatable bonds is 4. The summed E-state index contributed by atoms with van der Waals surface area (Å²) in [5, 5.41) is 7.37. The van der Waals surface area contributed by atoms with Gasteiger partial charge in [-0.3, -0.25) is 9.59 Å². The van der Waals surface area contributed by atoms with Gasteiger partial charge >= 0.3 is 5.97 Å². The maximum Gasteiger partial charge on any atom is 0.360 e. The number of amides is 1. The maximum atomic E-state index is 12.6. The van der Waals surface area contributed by atoms with Crippen LogP contribution in [0.2, 0.25) is 0 Å². The van der Waals surface area contributed by atoms with Crippen LogP contribution in [-0.2, 0) is 16.6 Å². The van der Waals surface area contributed by atoms with E-state index in [4.69, 9.17) is 14.2 Å². The molecule has 1 aliphatic rings. The summed E-state index contributed by atoms with van der Waals surface area (Å²) in [5.74, 6) is -0.208. The second-order valence-corrected chi connectivity index (χ2v) is 6.43. The first-order valence-corrected chi connectivity index (χ1v) is 8.81. The Morgan fingerprint density at radius 3 is 2.66 bits per heavy atom. The van der Waals surface area contributed by atoms with Crippen molar-refractivity contribution in [3.63, 3.8) is 0 Å². The Bertz CT molecular complexity index is 1190. The maximum absolute atomic E-state index is 12.6. The number of hydrogen-bond acceptors (Lipinski definition) is 7. The van der Waals surface area contributed by atoms with Crippen LogP contribution in [0.15, 0.2) is 47.3 Å². The summed E-state index contributed by atoms with van der Waals surface area (Å²) in [6, 6.07) is 11.5. The summed E-state index contributed by atoms with van der Waals surface area (Å²) < 4.78 is 16.8. The van der Waals surface area contributed by atoms with Crippen LogP contribution >= 0.6 is 0 Å². The van der Waals surface area contributed by atoms with E-state index in [1.165, 1.54) is 14.0 Å². The summed E-state index contributed by atoms with van der Waals surface area (Å²) in [6.07, 6.45) is -1.09. The van der Waals surface area contributed by atoms with Crippen molar-refractivity contribution in [2.45, 2.75) is 13.0 Å². The van der Waals surface area contributed by atoms with Gasteiger partial charge in [0.25, 0.3) is 11.5 Å². The first kappa shape index (κ1) is 18.5. The van der Waals surface area contributed by atoms with Gasteiger partial charge in [0.1, 0.15) is 0 Å². The molecule has 9 heteroatoms. The predicted molar refractivity (Wildman–Crippen MR) is 103 cm³/mol. The van der Waals surface area contributed by atoms with E-state index in [9.17, 15) is 14.4 Å². The van der Waals surface area contributed by atoms with Crippen molar-refractivity contribution in [1.82, 2.24) is 9.78 Å². The van der Waals surface area contributed by atoms with E-state index >= 15 is 0 Å². The highest BCUT2D eigenvalue weighted by atomic mass is 16.7. The lowest BCUT2D eigenvalue weighted by Crippen LogP contribution is -2.31. The lowest BCUT2D eigenvalue weighted by molar-refractivity contribution is -0.123. The lowest BCUT2D eigenvalue weighted by atomic mass is 10.1. The molecule has 1 amide bonds. The van der Waals surface area contributed by atoms with Crippen molar-refractivity contribution in [1.29, 1.82) is 0 Å². The van der Waals surface area contributed by atoms with E-state index in [0.29, 0.717) is 28.0 Å². The van der Waals surface area contributed by atoms with Gasteiger partial charge in [-0.1, -0.05) is 18.2 Å². The number of aryl methyl sites for hydroxylation is 1. The number of anilines is 1. The van der Waals surface area contributed by atoms with E-state index in [0.717, 1.165) is 4.68 Å². The zero-order valence-corrected chi connectivity index (χ0v) is 15.7. The zero-order valence-electron chi connectivity index (χ0n) is 15.7. The zero-order chi connectivity index (χ0) is 20.5. The first-order valence-electron chi connectivity index (χ1n) is 8.81. The van der Waals surface area contributed by atoms with Crippen LogP contribution in [0.25, 0.3) is 10.8 Å². The van der Waals surface area contributed by atoms with Crippen molar-refractivity contribution >= 4 is 28.3 Å². The molecular weight excluding hydrogens is 378 g/mol. The highest BCUT2D eigenvalue weighted by Crippen LogP contribution is 2.34. The summed E-state index contributed by atoms with van der Waals surface area (Å²) in [4.78, 5) is 37.2. The fraction of sp³-hybridized carbons (Fsp3) is 0.200. The molecule has 1 aromatic heterocycles. The molecule has 4 rings (SSSR count). The van der Waals surface area contributed by atoms with Gasteiger partial charge in [0.15, 0.2) is 23.3 Å². The van der Waals surface area contributed by atoms with Crippen molar-refractivity contribution in [2.75, 3.05) is 12.1 Å². The van der Waals surface area contributed by atoms with Gasteiger partial charge in [0, 0.05) is 24.2 Å². The SMILES string of the molecule is C[C@H](OC(=O)c1nn(C)c(=O)c2ccccc12)C(=O)Nc1ccc2c(c1)OCO2. The number of esters is 1. The van der Waals surface area contributed by atoms with Gasteiger partial charge in [0.2, 0.25) is 6.79 Å². The molecule has 9 nitrogen and oxygen atoms in total. The Labute approximate surface area is 164 Å². The molecular formula is C20H17N3O6. The highest BCUT2D eigenvalue weighted by molar-refractivity contribution is 6.03. The smallest absolute Gasteiger partial charge is 0.360 e. The van der Waals surface area contributed by atoms with Crippen LogP contribution in [0.3, 0.4) is 0 Å². The van der Waals surface area contributed by atoms with Crippen LogP contribution in [-0.4, -0.2) is 34.6 Å². The minimum Gasteiger partial charge on any atom is -0.454 e. The Morgan fingerprint density at radius 2 is 1.86 bits per heavy atom. The Balaban J connectivity index is 1.51. The second-order valence-electron chi connectivity index (χ2n) is 6.43. The Morgan fingerprint density at radius 1 is 1.14 bits per heavy atom. The summed E-state index contributed by atoms with van der Waals surface area (Å²) >= 11 is 0. The Hall–Kier alpha value is -3.88. The van der Waals surface area contributed by atoms with E-state index in [1.807, 2.05) is 0 Å². The molecule has 0 bridgehead atoms. The number of nitrogens with zero attached hydrogens (tertiary/aromatic N) is 2. The first-order chi connectivity index (χ1) is 13.9. The lowest BCUT2D eigenvalue weighted by Gasteiger charge is -2.14. The molecule has 148 valence electrons. The minimum absolute atomic E-state index is 0.0366. The van der Waals surface area contributed by atoms with E-state index < -0.39 is 18.0 Å². The quantitative estimate of drug-likeness (QED) is 0.672. The van der Waals surface area contributed by atoms with Crippen molar-refractivity contribution in [3.05, 3.63) is 58.5 Å². The fourth-order valence-electron chi connectivity index (χ4n) is 2.94. The second kappa shape index (κ2) is 7.27. The molecule has 1 N–H and O–H groups in total. The van der Waals surface area contributed by atoms with Crippen LogP contribution < -0.4 is 20.3 Å². The average molecular weight is 395 g/mol. The topological polar surface area (TPSA) is 109 Å². The standard InChI is InChI=1S/C20H17N3O6/c1-11(18(24)21-12-7-8-15-16(9-12)28-10-27-15)29-20(26)17-13-5-3-4-6-14(13)19(25)23(2)22-17/h3-9,11H,10H2,1-2H3,(H,21,24)/t11-/m0/s1. The number of carbonyl (C=O) groups is 2. The summed E-state index contributed by atoms with van der Waals surface area (Å²) in [6.45, 7) is 1.58. The van der Waals surface area contributed by atoms with Crippen LogP contribution in [0.5, 0.6) is 11.5 Å². The Kier molecular flexibility index (Phi) is 4.63. The number of carbonyl (C=O) groups excluding carboxylic acids is 2. The molecule has 0 saturated carbocycles. The van der Waals surface area contributed by atoms with Crippen molar-refractivity contribution in [3.8, 4) is 11.5 Å². The molecule has 3 aromatic rings. The fourth-order valence-corrected chi connectivity index (χ4v) is 2.94. The van der Waals surface area contributed by atoms with E-state index in [1.54, 1.807) is 42.5 Å². The molecule has 2 aromatic carbocycles. The highest BCUT2D eigenvalue weighted by Gasteiger charge is 2.23. The van der Waals surface area contributed by atoms with E-state index in [2.05, 4.69) is 10.4 Å². The normalized spacial score (nSPS) is 13.2. The monoisotopic (exact) mass is 395 g/mol. The van der Waals surface area contributed by atoms with Gasteiger partial charge in [0.05, 0.1) is 5.39 Å². The number of benzene rings is 2. The van der Waals surface area contributed by atoms with Crippen molar-refractivity contribution in [2.24, 2.45) is 7.05 Å². The van der Waals surface area contributed by atoms with Crippen LogP contribution in [0, 0.1) is 0 Å². The molecule has 0 spiro atoms. The third-order valence-corrected chi connectivity index (χ3v) is 4.44. The molecule has 0 aliphatic carbocycles. The molecule has 0 fully saturated rings. The summed E-state index contributed by atoms with van der Waals surface area (Å²) in [5.41, 5.74) is 0.115. The van der Waals surface area contributed by atoms with Gasteiger partial charge in [-0.25, -0.2) is 9.48 Å². The van der Waals surface area contributed by atoms with Gasteiger partial charge in [-0.2, -0.15) is 5.10 Å². The molecule has 2 heterocycles. The number of hydrogen-bond donors (Lipinski definition) is 1. The molecule has 0 saturated heterocycles. The molecule has 29 heavy (non-hydrogen) atoms.